The number of nitrogens with one attached hydrogen (secondary N) is 2. The zero-order chi connectivity index (χ0) is 16.6. The zero-order valence-corrected chi connectivity index (χ0v) is 14.1. The Kier molecular flexibility index (Phi) is 3.92. The molecule has 1 spiro atoms. The van der Waals surface area contributed by atoms with Crippen LogP contribution in [-0.2, 0) is 11.3 Å². The number of amides is 2. The lowest BCUT2D eigenvalue weighted by Gasteiger charge is -2.38. The predicted molar refractivity (Wildman–Crippen MR) is 91.8 cm³/mol. The summed E-state index contributed by atoms with van der Waals surface area (Å²) in [5.74, 6) is 0.792. The number of hydrogen-bond acceptors (Lipinski definition) is 3. The maximum absolute atomic E-state index is 12.4. The van der Waals surface area contributed by atoms with Crippen LogP contribution in [-0.4, -0.2) is 46.2 Å². The van der Waals surface area contributed by atoms with Crippen molar-refractivity contribution in [2.24, 2.45) is 0 Å². The number of likely N-dealkylation sites (tertiary alicyclic amines) is 1. The minimum absolute atomic E-state index is 0.0139. The van der Waals surface area contributed by atoms with Gasteiger partial charge in [0, 0.05) is 19.7 Å². The van der Waals surface area contributed by atoms with Crippen LogP contribution in [0, 0.1) is 6.92 Å². The second-order valence-corrected chi connectivity index (χ2v) is 6.94. The van der Waals surface area contributed by atoms with Crippen LogP contribution in [0.2, 0.25) is 0 Å². The molecule has 6 heteroatoms. The number of piperidine rings is 1. The molecule has 1 aromatic heterocycles. The number of nitrogens with zero attached hydrogens (tertiary/aromatic N) is 2. The topological polar surface area (TPSA) is 70.2 Å². The lowest BCUT2D eigenvalue weighted by Crippen LogP contribution is -2.49. The van der Waals surface area contributed by atoms with Gasteiger partial charge in [-0.15, -0.1) is 0 Å². The number of para-hydroxylation sites is 1. The van der Waals surface area contributed by atoms with E-state index in [1.54, 1.807) is 0 Å². The molecule has 0 unspecified atom stereocenters. The quantitative estimate of drug-likeness (QED) is 0.890. The SMILES string of the molecule is Cc1cccc2[nH]c(CNC(=O)N3CCC4(CCCO4)CC3)nc12. The summed E-state index contributed by atoms with van der Waals surface area (Å²) in [5.41, 5.74) is 3.17. The molecule has 2 aliphatic rings. The van der Waals surface area contributed by atoms with Crippen molar-refractivity contribution in [2.45, 2.75) is 44.8 Å². The maximum Gasteiger partial charge on any atom is 0.317 e. The van der Waals surface area contributed by atoms with Gasteiger partial charge in [0.25, 0.3) is 0 Å². The third kappa shape index (κ3) is 2.86. The lowest BCUT2D eigenvalue weighted by molar-refractivity contribution is -0.0361. The first kappa shape index (κ1) is 15.4. The summed E-state index contributed by atoms with van der Waals surface area (Å²) in [6.45, 7) is 4.87. The summed E-state index contributed by atoms with van der Waals surface area (Å²) in [5, 5.41) is 2.98. The molecule has 0 saturated carbocycles. The molecule has 0 aliphatic carbocycles. The van der Waals surface area contributed by atoms with E-state index < -0.39 is 0 Å². The number of urea groups is 1. The average Bonchev–Trinajstić information content (AvgIpc) is 3.21. The second kappa shape index (κ2) is 6.09. The third-order valence-corrected chi connectivity index (χ3v) is 5.32. The fourth-order valence-corrected chi connectivity index (χ4v) is 3.85. The summed E-state index contributed by atoms with van der Waals surface area (Å²) in [4.78, 5) is 22.1. The van der Waals surface area contributed by atoms with Crippen LogP contribution in [0.1, 0.15) is 37.1 Å². The van der Waals surface area contributed by atoms with Crippen molar-refractivity contribution in [3.8, 4) is 0 Å². The van der Waals surface area contributed by atoms with Crippen molar-refractivity contribution < 1.29 is 9.53 Å². The van der Waals surface area contributed by atoms with Gasteiger partial charge in [-0.05, 0) is 44.2 Å². The molecule has 2 saturated heterocycles. The van der Waals surface area contributed by atoms with E-state index in [0.29, 0.717) is 6.54 Å². The van der Waals surface area contributed by atoms with Crippen LogP contribution in [0.3, 0.4) is 0 Å². The maximum atomic E-state index is 12.4. The molecular weight excluding hydrogens is 304 g/mol. The van der Waals surface area contributed by atoms with Gasteiger partial charge in [-0.1, -0.05) is 12.1 Å². The van der Waals surface area contributed by atoms with E-state index in [-0.39, 0.29) is 11.6 Å². The molecule has 0 bridgehead atoms. The van der Waals surface area contributed by atoms with Gasteiger partial charge in [-0.3, -0.25) is 0 Å². The highest BCUT2D eigenvalue weighted by Gasteiger charge is 2.39. The number of aryl methyl sites for hydroxylation is 1. The van der Waals surface area contributed by atoms with Crippen LogP contribution in [0.5, 0.6) is 0 Å². The number of benzene rings is 1. The van der Waals surface area contributed by atoms with Gasteiger partial charge in [-0.25, -0.2) is 9.78 Å². The molecule has 6 nitrogen and oxygen atoms in total. The van der Waals surface area contributed by atoms with Gasteiger partial charge in [0.05, 0.1) is 23.2 Å². The van der Waals surface area contributed by atoms with E-state index in [9.17, 15) is 4.79 Å². The fraction of sp³-hybridized carbons (Fsp3) is 0.556. The largest absolute Gasteiger partial charge is 0.375 e. The van der Waals surface area contributed by atoms with Crippen LogP contribution < -0.4 is 5.32 Å². The van der Waals surface area contributed by atoms with Crippen LogP contribution >= 0.6 is 0 Å². The van der Waals surface area contributed by atoms with Gasteiger partial charge in [0.1, 0.15) is 5.82 Å². The van der Waals surface area contributed by atoms with Crippen molar-refractivity contribution in [3.05, 3.63) is 29.6 Å². The van der Waals surface area contributed by atoms with Gasteiger partial charge < -0.3 is 19.9 Å². The van der Waals surface area contributed by atoms with Gasteiger partial charge in [-0.2, -0.15) is 0 Å². The van der Waals surface area contributed by atoms with Crippen molar-refractivity contribution in [1.29, 1.82) is 0 Å². The molecule has 2 aromatic rings. The van der Waals surface area contributed by atoms with E-state index >= 15 is 0 Å². The number of aromatic nitrogens is 2. The third-order valence-electron chi connectivity index (χ3n) is 5.32. The van der Waals surface area contributed by atoms with Crippen LogP contribution in [0.15, 0.2) is 18.2 Å². The molecule has 2 aliphatic heterocycles. The summed E-state index contributed by atoms with van der Waals surface area (Å²) < 4.78 is 5.91. The molecular formula is C18H24N4O2. The summed E-state index contributed by atoms with van der Waals surface area (Å²) in [6, 6.07) is 6.04. The molecule has 2 amide bonds. The molecule has 2 N–H and O–H groups in total. The van der Waals surface area contributed by atoms with E-state index in [4.69, 9.17) is 4.74 Å². The van der Waals surface area contributed by atoms with Crippen molar-refractivity contribution >= 4 is 17.1 Å². The Labute approximate surface area is 141 Å². The van der Waals surface area contributed by atoms with Gasteiger partial charge >= 0.3 is 6.03 Å². The molecule has 24 heavy (non-hydrogen) atoms. The number of imidazole rings is 1. The van der Waals surface area contributed by atoms with E-state index in [1.807, 2.05) is 30.0 Å². The Morgan fingerprint density at radius 1 is 1.38 bits per heavy atom. The Morgan fingerprint density at radius 2 is 2.21 bits per heavy atom. The molecule has 0 radical (unpaired) electrons. The first-order chi connectivity index (χ1) is 11.7. The first-order valence-corrected chi connectivity index (χ1v) is 8.76. The molecule has 1 aromatic carbocycles. The number of aromatic amines is 1. The molecule has 4 rings (SSSR count). The van der Waals surface area contributed by atoms with Crippen molar-refractivity contribution in [2.75, 3.05) is 19.7 Å². The molecule has 3 heterocycles. The fourth-order valence-electron chi connectivity index (χ4n) is 3.85. The van der Waals surface area contributed by atoms with E-state index in [2.05, 4.69) is 15.3 Å². The minimum Gasteiger partial charge on any atom is -0.375 e. The number of ether oxygens (including phenoxy) is 1. The van der Waals surface area contributed by atoms with E-state index in [0.717, 1.165) is 67.8 Å². The average molecular weight is 328 g/mol. The Morgan fingerprint density at radius 3 is 2.92 bits per heavy atom. The predicted octanol–water partition coefficient (Wildman–Crippen LogP) is 2.73. The number of hydrogen-bond donors (Lipinski definition) is 2. The van der Waals surface area contributed by atoms with Gasteiger partial charge in [0.2, 0.25) is 0 Å². The Hall–Kier alpha value is -2.08. The Bertz CT molecular complexity index is 739. The molecule has 128 valence electrons. The van der Waals surface area contributed by atoms with Crippen LogP contribution in [0.4, 0.5) is 4.79 Å². The summed E-state index contributed by atoms with van der Waals surface area (Å²) in [7, 11) is 0. The summed E-state index contributed by atoms with van der Waals surface area (Å²) in [6.07, 6.45) is 4.19. The highest BCUT2D eigenvalue weighted by Crippen LogP contribution is 2.35. The minimum atomic E-state index is -0.0139. The number of fused-ring (bicyclic) bond motifs is 1. The van der Waals surface area contributed by atoms with Crippen LogP contribution in [0.25, 0.3) is 11.0 Å². The Balaban J connectivity index is 1.34. The summed E-state index contributed by atoms with van der Waals surface area (Å²) >= 11 is 0. The smallest absolute Gasteiger partial charge is 0.317 e. The van der Waals surface area contributed by atoms with Gasteiger partial charge in [0.15, 0.2) is 0 Å². The molecule has 0 atom stereocenters. The first-order valence-electron chi connectivity index (χ1n) is 8.76. The lowest BCUT2D eigenvalue weighted by atomic mass is 9.89. The van der Waals surface area contributed by atoms with Crippen molar-refractivity contribution in [1.82, 2.24) is 20.2 Å². The van der Waals surface area contributed by atoms with E-state index in [1.165, 1.54) is 0 Å². The number of carbonyl (C=O) groups excluding carboxylic acids is 1. The van der Waals surface area contributed by atoms with Crippen molar-refractivity contribution in [3.63, 3.8) is 0 Å². The number of rotatable bonds is 2. The normalized spacial score (nSPS) is 20.0. The standard InChI is InChI=1S/C18H24N4O2/c1-13-4-2-5-14-16(13)21-15(20-14)12-19-17(23)22-9-7-18(8-10-22)6-3-11-24-18/h2,4-5H,3,6-12H2,1H3,(H,19,23)(H,20,21). The zero-order valence-electron chi connectivity index (χ0n) is 14.1. The highest BCUT2D eigenvalue weighted by molar-refractivity contribution is 5.79. The second-order valence-electron chi connectivity index (χ2n) is 6.94. The number of carbonyl (C=O) groups is 1. The molecule has 2 fully saturated rings. The number of H-pyrrole nitrogens is 1. The monoisotopic (exact) mass is 328 g/mol. The highest BCUT2D eigenvalue weighted by atomic mass is 16.5.